The number of benzene rings is 2. The molecule has 2 aromatic heterocycles. The third-order valence-corrected chi connectivity index (χ3v) is 7.22. The summed E-state index contributed by atoms with van der Waals surface area (Å²) in [5.41, 5.74) is -0.0666. The summed E-state index contributed by atoms with van der Waals surface area (Å²) in [5, 5.41) is 26.6. The molecule has 2 aliphatic rings. The smallest absolute Gasteiger partial charge is 0.323 e. The number of carboxylic acid groups (broad SMARTS) is 1. The maximum absolute atomic E-state index is 15.4. The second kappa shape index (κ2) is 9.48. The lowest BCUT2D eigenvalue weighted by Crippen LogP contribution is -2.25. The van der Waals surface area contributed by atoms with Crippen LogP contribution in [0.3, 0.4) is 0 Å². The number of fused-ring (bicyclic) bond motifs is 2. The third kappa shape index (κ3) is 4.48. The summed E-state index contributed by atoms with van der Waals surface area (Å²) in [4.78, 5) is 15.2. The van der Waals surface area contributed by atoms with Crippen LogP contribution in [-0.4, -0.2) is 21.2 Å². The third-order valence-electron chi connectivity index (χ3n) is 6.59. The van der Waals surface area contributed by atoms with Gasteiger partial charge in [0.15, 0.2) is 17.5 Å². The Morgan fingerprint density at radius 3 is 2.56 bits per heavy atom. The van der Waals surface area contributed by atoms with Crippen molar-refractivity contribution < 1.29 is 37.8 Å². The van der Waals surface area contributed by atoms with Gasteiger partial charge < -0.3 is 29.0 Å². The summed E-state index contributed by atoms with van der Waals surface area (Å²) in [6.45, 7) is -0.137. The predicted molar refractivity (Wildman–Crippen MR) is 132 cm³/mol. The van der Waals surface area contributed by atoms with Crippen LogP contribution >= 0.6 is 23.2 Å². The minimum atomic E-state index is -3.89. The van der Waals surface area contributed by atoms with Crippen molar-refractivity contribution in [1.82, 2.24) is 10.1 Å². The van der Waals surface area contributed by atoms with E-state index in [0.29, 0.717) is 32.6 Å². The average molecular weight is 574 g/mol. The molecule has 0 bridgehead atoms. The zero-order chi connectivity index (χ0) is 27.5. The molecule has 0 spiro atoms. The quantitative estimate of drug-likeness (QED) is 0.307. The number of rotatable bonds is 6. The topological polar surface area (TPSA) is 118 Å². The number of hydrogen-bond acceptors (Lipinski definition) is 8. The van der Waals surface area contributed by atoms with Gasteiger partial charge in [-0.25, -0.2) is 4.98 Å². The number of ether oxygens (including phenoxy) is 2. The van der Waals surface area contributed by atoms with Crippen LogP contribution in [0.2, 0.25) is 10.0 Å². The Hall–Kier alpha value is -3.73. The summed E-state index contributed by atoms with van der Waals surface area (Å²) in [5.74, 6) is -5.47. The van der Waals surface area contributed by atoms with Crippen molar-refractivity contribution in [2.24, 2.45) is 0 Å². The first kappa shape index (κ1) is 25.5. The van der Waals surface area contributed by atoms with Crippen molar-refractivity contribution in [2.75, 3.05) is 0 Å². The summed E-state index contributed by atoms with van der Waals surface area (Å²) >= 11 is 12.8. The molecule has 3 heterocycles. The molecular formula is C27H17Cl2F2N2O6-. The number of carbonyl (C=O) groups excluding carboxylic acids is 1. The number of nitrogens with zero attached hydrogens (tertiary/aromatic N) is 2. The molecule has 39 heavy (non-hydrogen) atoms. The highest BCUT2D eigenvalue weighted by atomic mass is 35.5. The molecule has 1 fully saturated rings. The van der Waals surface area contributed by atoms with Crippen molar-refractivity contribution in [1.29, 1.82) is 0 Å². The molecule has 2 aromatic carbocycles. The fourth-order valence-electron chi connectivity index (χ4n) is 4.44. The van der Waals surface area contributed by atoms with Gasteiger partial charge in [-0.05, 0) is 37.1 Å². The maximum Gasteiger partial charge on any atom is 0.323 e. The Bertz CT molecular complexity index is 1600. The van der Waals surface area contributed by atoms with Gasteiger partial charge in [0.05, 0.1) is 21.6 Å². The van der Waals surface area contributed by atoms with E-state index in [0.717, 1.165) is 31.0 Å². The molecule has 0 saturated heterocycles. The Morgan fingerprint density at radius 2 is 1.87 bits per heavy atom. The Kier molecular flexibility index (Phi) is 6.21. The molecular weight excluding hydrogens is 557 g/mol. The van der Waals surface area contributed by atoms with Gasteiger partial charge in [0.25, 0.3) is 0 Å². The summed E-state index contributed by atoms with van der Waals surface area (Å²) < 4.78 is 47.8. The van der Waals surface area contributed by atoms with Crippen LogP contribution in [0.15, 0.2) is 53.1 Å². The molecule has 8 nitrogen and oxygen atoms in total. The maximum atomic E-state index is 15.4. The lowest BCUT2D eigenvalue weighted by Gasteiger charge is -2.21. The van der Waals surface area contributed by atoms with E-state index >= 15 is 8.78 Å². The number of carbonyl (C=O) groups is 1. The molecule has 12 heteroatoms. The second-order valence-electron chi connectivity index (χ2n) is 9.20. The molecule has 1 aliphatic carbocycles. The summed E-state index contributed by atoms with van der Waals surface area (Å²) in [6, 6.07) is 10.7. The van der Waals surface area contributed by atoms with Gasteiger partial charge >= 0.3 is 5.92 Å². The first-order chi connectivity index (χ1) is 18.6. The largest absolute Gasteiger partial charge is 0.545 e. The van der Waals surface area contributed by atoms with Gasteiger partial charge in [-0.1, -0.05) is 46.6 Å². The van der Waals surface area contributed by atoms with E-state index in [-0.39, 0.29) is 41.0 Å². The highest BCUT2D eigenvalue weighted by molar-refractivity contribution is 6.39. The molecule has 1 saturated carbocycles. The Balaban J connectivity index is 1.34. The number of pyridine rings is 1. The van der Waals surface area contributed by atoms with Crippen molar-refractivity contribution in [3.05, 3.63) is 86.7 Å². The van der Waals surface area contributed by atoms with Gasteiger partial charge in [-0.2, -0.15) is 8.78 Å². The molecule has 200 valence electrons. The van der Waals surface area contributed by atoms with Gasteiger partial charge in [-0.15, -0.1) is 0 Å². The number of carboxylic acids is 1. The lowest BCUT2D eigenvalue weighted by molar-refractivity contribution is -0.255. The highest BCUT2D eigenvalue weighted by Gasteiger charge is 2.49. The predicted octanol–water partition coefficient (Wildman–Crippen LogP) is 5.79. The van der Waals surface area contributed by atoms with E-state index < -0.39 is 23.7 Å². The first-order valence-corrected chi connectivity index (χ1v) is 12.6. The summed E-state index contributed by atoms with van der Waals surface area (Å²) in [6.07, 6.45) is -0.561. The SMILES string of the molecule is O=C([O-])c1ccc2c(c1)Oc1ccc(OCc3c(-c4c(Cl)cccc4Cl)noc3C3CC3)nc1C(F)(F)C2O. The zero-order valence-electron chi connectivity index (χ0n) is 19.8. The monoisotopic (exact) mass is 573 g/mol. The lowest BCUT2D eigenvalue weighted by atomic mass is 9.99. The van der Waals surface area contributed by atoms with Gasteiger partial charge in [-0.3, -0.25) is 0 Å². The molecule has 6 rings (SSSR count). The number of aromatic carboxylic acids is 1. The minimum absolute atomic E-state index is 0.137. The van der Waals surface area contributed by atoms with E-state index in [9.17, 15) is 15.0 Å². The van der Waals surface area contributed by atoms with E-state index in [2.05, 4.69) is 10.1 Å². The Labute approximate surface area is 229 Å². The van der Waals surface area contributed by atoms with Crippen LogP contribution in [0.1, 0.15) is 57.8 Å². The van der Waals surface area contributed by atoms with E-state index in [1.54, 1.807) is 18.2 Å². The number of aliphatic hydroxyl groups excluding tert-OH is 1. The van der Waals surface area contributed by atoms with Gasteiger partial charge in [0.2, 0.25) is 5.88 Å². The second-order valence-corrected chi connectivity index (χ2v) is 10.0. The van der Waals surface area contributed by atoms with Crippen LogP contribution in [0.25, 0.3) is 11.3 Å². The zero-order valence-corrected chi connectivity index (χ0v) is 21.3. The highest BCUT2D eigenvalue weighted by Crippen LogP contribution is 2.51. The Morgan fingerprint density at radius 1 is 1.13 bits per heavy atom. The number of halogens is 4. The van der Waals surface area contributed by atoms with Crippen LogP contribution in [0, 0.1) is 0 Å². The normalized spacial score (nSPS) is 17.5. The number of alkyl halides is 2. The molecule has 0 radical (unpaired) electrons. The van der Waals surface area contributed by atoms with Gasteiger partial charge in [0.1, 0.15) is 23.8 Å². The fraction of sp³-hybridized carbons (Fsp3) is 0.222. The van der Waals surface area contributed by atoms with E-state index in [1.165, 1.54) is 12.1 Å². The van der Waals surface area contributed by atoms with Gasteiger partial charge in [0, 0.05) is 28.7 Å². The average Bonchev–Trinajstić information content (AvgIpc) is 3.68. The fourth-order valence-corrected chi connectivity index (χ4v) is 5.02. The van der Waals surface area contributed by atoms with Crippen LogP contribution < -0.4 is 14.6 Å². The van der Waals surface area contributed by atoms with E-state index in [1.807, 2.05) is 0 Å². The first-order valence-electron chi connectivity index (χ1n) is 11.8. The standard InChI is InChI=1S/C27H18Cl2F2N2O6/c28-16-2-1-3-17(29)21(16)22-15(23(39-33-22)12-4-5-12)11-37-20-9-8-18-24(32-20)27(30,31)25(34)14-7-6-13(26(35)36)10-19(14)38-18/h1-3,6-10,12,25,34H,4-5,11H2,(H,35,36)/p-1. The molecule has 1 atom stereocenters. The number of aromatic nitrogens is 2. The van der Waals surface area contributed by atoms with Crippen molar-refractivity contribution in [3.8, 4) is 28.6 Å². The molecule has 1 unspecified atom stereocenters. The molecule has 1 aliphatic heterocycles. The molecule has 0 amide bonds. The molecule has 4 aromatic rings. The minimum Gasteiger partial charge on any atom is -0.545 e. The van der Waals surface area contributed by atoms with Crippen molar-refractivity contribution in [3.63, 3.8) is 0 Å². The van der Waals surface area contributed by atoms with E-state index in [4.69, 9.17) is 37.2 Å². The summed E-state index contributed by atoms with van der Waals surface area (Å²) in [7, 11) is 0. The van der Waals surface area contributed by atoms with Crippen LogP contribution in [0.5, 0.6) is 17.4 Å². The van der Waals surface area contributed by atoms with Crippen LogP contribution in [0.4, 0.5) is 8.78 Å². The van der Waals surface area contributed by atoms with Crippen molar-refractivity contribution >= 4 is 29.2 Å². The number of hydrogen-bond donors (Lipinski definition) is 1. The number of aliphatic hydroxyl groups is 1. The van der Waals surface area contributed by atoms with Crippen LogP contribution in [-0.2, 0) is 12.5 Å². The van der Waals surface area contributed by atoms with Crippen molar-refractivity contribution in [2.45, 2.75) is 37.4 Å². The molecule has 1 N–H and O–H groups in total.